The number of benzene rings is 1. The van der Waals surface area contributed by atoms with Gasteiger partial charge in [0.1, 0.15) is 18.5 Å². The summed E-state index contributed by atoms with van der Waals surface area (Å²) in [5, 5.41) is 23.5. The first-order valence-electron chi connectivity index (χ1n) is 12.9. The van der Waals surface area contributed by atoms with E-state index in [0.717, 1.165) is 6.42 Å². The van der Waals surface area contributed by atoms with Crippen molar-refractivity contribution in [2.24, 2.45) is 0 Å². The van der Waals surface area contributed by atoms with Gasteiger partial charge in [-0.2, -0.15) is 0 Å². The summed E-state index contributed by atoms with van der Waals surface area (Å²) < 4.78 is 17.1. The number of aliphatic hydroxyl groups excluding tert-OH is 2. The van der Waals surface area contributed by atoms with Crippen LogP contribution in [0, 0.1) is 0 Å². The van der Waals surface area contributed by atoms with Crippen molar-refractivity contribution in [2.75, 3.05) is 40.0 Å². The minimum atomic E-state index is -1.14. The number of rotatable bonds is 14. The molecule has 1 aliphatic carbocycles. The van der Waals surface area contributed by atoms with Crippen LogP contribution < -0.4 is 14.8 Å². The number of hydrogen-bond acceptors (Lipinski definition) is 8. The molecule has 10 heteroatoms. The summed E-state index contributed by atoms with van der Waals surface area (Å²) >= 11 is 0. The first-order valence-corrected chi connectivity index (χ1v) is 12.9. The number of fused-ring (bicyclic) bond motifs is 3. The van der Waals surface area contributed by atoms with Gasteiger partial charge in [-0.15, -0.1) is 0 Å². The fraction of sp³-hybridized carbons (Fsp3) is 0.593. The van der Waals surface area contributed by atoms with E-state index < -0.39 is 30.1 Å². The molecule has 3 N–H and O–H groups in total. The number of nitrogens with zero attached hydrogens (tertiary/aromatic N) is 1. The van der Waals surface area contributed by atoms with E-state index in [1.807, 2.05) is 13.8 Å². The minimum absolute atomic E-state index is 0.0414. The number of nitrogens with one attached hydrogen (secondary N) is 1. The predicted molar refractivity (Wildman–Crippen MR) is 136 cm³/mol. The summed E-state index contributed by atoms with van der Waals surface area (Å²) in [5.74, 6) is -0.583. The molecule has 1 heterocycles. The zero-order valence-electron chi connectivity index (χ0n) is 21.8. The smallest absolute Gasteiger partial charge is 0.247 e. The van der Waals surface area contributed by atoms with E-state index in [1.54, 1.807) is 17.0 Å². The molecular weight excluding hydrogens is 480 g/mol. The first-order chi connectivity index (χ1) is 17.9. The molecule has 0 saturated heterocycles. The van der Waals surface area contributed by atoms with Gasteiger partial charge in [0, 0.05) is 49.4 Å². The average molecular weight is 519 g/mol. The Morgan fingerprint density at radius 3 is 2.68 bits per heavy atom. The van der Waals surface area contributed by atoms with E-state index in [1.165, 1.54) is 13.2 Å². The van der Waals surface area contributed by atoms with Crippen molar-refractivity contribution in [1.82, 2.24) is 10.2 Å². The quantitative estimate of drug-likeness (QED) is 0.250. The Morgan fingerprint density at radius 2 is 2.03 bits per heavy atom. The monoisotopic (exact) mass is 518 g/mol. The van der Waals surface area contributed by atoms with E-state index in [9.17, 15) is 24.6 Å². The molecule has 0 radical (unpaired) electrons. The van der Waals surface area contributed by atoms with E-state index >= 15 is 0 Å². The zero-order valence-corrected chi connectivity index (χ0v) is 21.8. The molecule has 1 aromatic rings. The van der Waals surface area contributed by atoms with Gasteiger partial charge in [0.05, 0.1) is 25.7 Å². The Labute approximate surface area is 217 Å². The van der Waals surface area contributed by atoms with E-state index in [0.29, 0.717) is 73.5 Å². The van der Waals surface area contributed by atoms with Gasteiger partial charge in [0.2, 0.25) is 11.8 Å². The number of carbonyl (C=O) groups is 3. The molecule has 0 spiro atoms. The van der Waals surface area contributed by atoms with Crippen LogP contribution in [0.3, 0.4) is 0 Å². The molecule has 37 heavy (non-hydrogen) atoms. The van der Waals surface area contributed by atoms with Crippen LogP contribution >= 0.6 is 0 Å². The third kappa shape index (κ3) is 6.31. The van der Waals surface area contributed by atoms with Gasteiger partial charge in [0.15, 0.2) is 11.5 Å². The molecule has 4 unspecified atom stereocenters. The standard InChI is InChI=1S/C27H38N2O8/c1-4-6-8-22(32)29(10-7-12-36-5-2)20-15-19(27(34)28-9-11-30)23-18-13-17(16-31)14-21(35-3)25(18)37-26(23)24(20)33/h13-16,20,23-24,26,30,33H,4-12H2,1-3H3,(H,28,34). The molecule has 1 aliphatic heterocycles. The molecule has 204 valence electrons. The van der Waals surface area contributed by atoms with Gasteiger partial charge < -0.3 is 34.6 Å². The summed E-state index contributed by atoms with van der Waals surface area (Å²) in [7, 11) is 1.45. The van der Waals surface area contributed by atoms with E-state index in [4.69, 9.17) is 14.2 Å². The van der Waals surface area contributed by atoms with Crippen molar-refractivity contribution in [2.45, 2.75) is 63.7 Å². The average Bonchev–Trinajstić information content (AvgIpc) is 3.30. The lowest BCUT2D eigenvalue weighted by Crippen LogP contribution is -2.56. The number of amides is 2. The van der Waals surface area contributed by atoms with Gasteiger partial charge in [0.25, 0.3) is 0 Å². The van der Waals surface area contributed by atoms with Gasteiger partial charge in [-0.05, 0) is 38.0 Å². The number of carbonyl (C=O) groups excluding carboxylic acids is 3. The van der Waals surface area contributed by atoms with E-state index in [-0.39, 0.29) is 19.1 Å². The van der Waals surface area contributed by atoms with Crippen LogP contribution in [-0.4, -0.2) is 91.5 Å². The lowest BCUT2D eigenvalue weighted by molar-refractivity contribution is -0.137. The summed E-state index contributed by atoms with van der Waals surface area (Å²) in [6, 6.07) is 2.35. The highest BCUT2D eigenvalue weighted by Gasteiger charge is 2.51. The summed E-state index contributed by atoms with van der Waals surface area (Å²) in [4.78, 5) is 39.7. The highest BCUT2D eigenvalue weighted by molar-refractivity contribution is 5.96. The Hall–Kier alpha value is -2.95. The summed E-state index contributed by atoms with van der Waals surface area (Å²) in [6.45, 7) is 5.06. The second-order valence-electron chi connectivity index (χ2n) is 9.14. The highest BCUT2D eigenvalue weighted by Crippen LogP contribution is 2.51. The maximum atomic E-state index is 13.3. The second-order valence-corrected chi connectivity index (χ2v) is 9.14. The third-order valence-electron chi connectivity index (χ3n) is 6.73. The normalized spacial score (nSPS) is 21.8. The lowest BCUT2D eigenvalue weighted by Gasteiger charge is -2.40. The van der Waals surface area contributed by atoms with Crippen molar-refractivity contribution in [3.8, 4) is 11.5 Å². The number of methoxy groups -OCH3 is 1. The number of hydrogen-bond donors (Lipinski definition) is 3. The summed E-state index contributed by atoms with van der Waals surface area (Å²) in [5.41, 5.74) is 1.20. The van der Waals surface area contributed by atoms with Crippen LogP contribution in [0.15, 0.2) is 23.8 Å². The Morgan fingerprint density at radius 1 is 1.24 bits per heavy atom. The van der Waals surface area contributed by atoms with Gasteiger partial charge in [-0.1, -0.05) is 13.3 Å². The van der Waals surface area contributed by atoms with Crippen molar-refractivity contribution in [1.29, 1.82) is 0 Å². The zero-order chi connectivity index (χ0) is 26.9. The Bertz CT molecular complexity index is 995. The Kier molecular flexibility index (Phi) is 10.5. The molecule has 1 aromatic carbocycles. The first kappa shape index (κ1) is 28.6. The van der Waals surface area contributed by atoms with Crippen molar-refractivity contribution in [3.63, 3.8) is 0 Å². The maximum Gasteiger partial charge on any atom is 0.247 e. The van der Waals surface area contributed by atoms with Crippen LogP contribution in [0.1, 0.15) is 61.4 Å². The fourth-order valence-corrected chi connectivity index (χ4v) is 4.95. The SMILES string of the molecule is CCCCC(=O)N(CCCOCC)C1C=C(C(=O)NCCO)C2c3cc(C=O)cc(OC)c3OC2C1O. The largest absolute Gasteiger partial charge is 0.493 e. The lowest BCUT2D eigenvalue weighted by atomic mass is 9.77. The number of aliphatic hydroxyl groups is 2. The van der Waals surface area contributed by atoms with Crippen LogP contribution in [0.4, 0.5) is 0 Å². The molecule has 0 saturated carbocycles. The van der Waals surface area contributed by atoms with Gasteiger partial charge in [-0.3, -0.25) is 14.4 Å². The van der Waals surface area contributed by atoms with Gasteiger partial charge >= 0.3 is 0 Å². The van der Waals surface area contributed by atoms with Crippen molar-refractivity contribution < 1.29 is 38.8 Å². The second kappa shape index (κ2) is 13.6. The fourth-order valence-electron chi connectivity index (χ4n) is 4.95. The minimum Gasteiger partial charge on any atom is -0.493 e. The third-order valence-corrected chi connectivity index (χ3v) is 6.73. The molecule has 0 aromatic heterocycles. The van der Waals surface area contributed by atoms with Crippen LogP contribution in [0.5, 0.6) is 11.5 Å². The Balaban J connectivity index is 2.06. The van der Waals surface area contributed by atoms with Crippen molar-refractivity contribution in [3.05, 3.63) is 34.9 Å². The van der Waals surface area contributed by atoms with E-state index in [2.05, 4.69) is 5.32 Å². The topological polar surface area (TPSA) is 135 Å². The predicted octanol–water partition coefficient (Wildman–Crippen LogP) is 1.58. The van der Waals surface area contributed by atoms with Crippen LogP contribution in [0.25, 0.3) is 0 Å². The molecule has 2 amide bonds. The van der Waals surface area contributed by atoms with Gasteiger partial charge in [-0.25, -0.2) is 0 Å². The molecule has 3 rings (SSSR count). The molecular formula is C27H38N2O8. The number of unbranched alkanes of at least 4 members (excludes halogenated alkanes) is 1. The molecule has 4 atom stereocenters. The highest BCUT2D eigenvalue weighted by atomic mass is 16.5. The molecule has 0 bridgehead atoms. The molecule has 0 fully saturated rings. The summed E-state index contributed by atoms with van der Waals surface area (Å²) in [6.07, 6.45) is 2.72. The molecule has 2 aliphatic rings. The maximum absolute atomic E-state index is 13.3. The number of ether oxygens (including phenoxy) is 3. The van der Waals surface area contributed by atoms with Crippen molar-refractivity contribution >= 4 is 18.1 Å². The number of aldehydes is 1. The van der Waals surface area contributed by atoms with Crippen LogP contribution in [-0.2, 0) is 14.3 Å². The van der Waals surface area contributed by atoms with Crippen LogP contribution in [0.2, 0.25) is 0 Å². The molecule has 10 nitrogen and oxygen atoms in total.